The molecule has 0 nitrogen and oxygen atoms in total. The van der Waals surface area contributed by atoms with Gasteiger partial charge in [0.2, 0.25) is 0 Å². The van der Waals surface area contributed by atoms with Gasteiger partial charge in [0.15, 0.2) is 0 Å². The Hall–Kier alpha value is 1.10. The van der Waals surface area contributed by atoms with E-state index in [4.69, 9.17) is 0 Å². The molecule has 0 fully saturated rings. The van der Waals surface area contributed by atoms with E-state index < -0.39 is 0 Å². The Morgan fingerprint density at radius 3 is 1.00 bits per heavy atom. The van der Waals surface area contributed by atoms with E-state index in [2.05, 4.69) is 51.2 Å². The van der Waals surface area contributed by atoms with Gasteiger partial charge in [0.05, 0.1) is 0 Å². The summed E-state index contributed by atoms with van der Waals surface area (Å²) >= 11 is 6.80. The van der Waals surface area contributed by atoms with Crippen LogP contribution < -0.4 is 0 Å². The first-order valence-electron chi connectivity index (χ1n) is 3.54. The number of allylic oxidation sites excluding steroid dienone is 4. The number of hydrogen-bond donors (Lipinski definition) is 0. The van der Waals surface area contributed by atoms with E-state index in [1.54, 1.807) is 0 Å². The third-order valence-electron chi connectivity index (χ3n) is 1.33. The zero-order valence-corrected chi connectivity index (χ0v) is 12.9. The zero-order chi connectivity index (χ0) is 8.36. The second kappa shape index (κ2) is 18.8. The second-order valence-electron chi connectivity index (χ2n) is 2.14. The average molecular weight is 404 g/mol. The molecule has 0 bridgehead atoms. The van der Waals surface area contributed by atoms with Crippen molar-refractivity contribution in [2.75, 3.05) is 0 Å². The molecular weight excluding hydrogens is 386 g/mol. The van der Waals surface area contributed by atoms with Crippen molar-refractivity contribution in [1.82, 2.24) is 0 Å². The third-order valence-corrected chi connectivity index (χ3v) is 1.33. The van der Waals surface area contributed by atoms with Gasteiger partial charge in [-0.2, -0.15) is 0 Å². The van der Waals surface area contributed by atoms with Gasteiger partial charge in [-0.1, -0.05) is 24.3 Å². The van der Waals surface area contributed by atoms with Gasteiger partial charge >= 0.3 is 40.8 Å². The second-order valence-corrected chi connectivity index (χ2v) is 9.31. The van der Waals surface area contributed by atoms with Gasteiger partial charge in [-0.15, -0.1) is 0 Å². The van der Waals surface area contributed by atoms with E-state index >= 15 is 0 Å². The van der Waals surface area contributed by atoms with E-state index in [-0.39, 0.29) is 14.9 Å². The molecule has 0 unspecified atom stereocenters. The van der Waals surface area contributed by atoms with Crippen LogP contribution in [0.15, 0.2) is 24.3 Å². The minimum absolute atomic E-state index is 0. The minimum Gasteiger partial charge on any atom is -0.358 e. The Labute approximate surface area is 105 Å². The predicted octanol–water partition coefficient (Wildman–Crippen LogP) is 5.26. The maximum Gasteiger partial charge on any atom is -0.358 e. The molecule has 0 amide bonds. The average Bonchev–Trinajstić information content (AvgIpc) is 1.86. The van der Waals surface area contributed by atoms with Gasteiger partial charge in [0.25, 0.3) is 0 Å². The van der Waals surface area contributed by atoms with E-state index in [1.807, 2.05) is 0 Å². The van der Waals surface area contributed by atoms with Gasteiger partial charge in [-0.25, -0.2) is 0 Å². The van der Waals surface area contributed by atoms with Crippen molar-refractivity contribution >= 4 is 26.9 Å². The molecule has 0 radical (unpaired) electrons. The largest absolute Gasteiger partial charge is 0.358 e. The first kappa shape index (κ1) is 19.6. The SMILES string of the molecule is C1=C\CC/C=C\CC/1.[Br][Pd][Br].[CH3-].[CH3-]. The number of rotatable bonds is 0. The molecule has 0 aromatic carbocycles. The topological polar surface area (TPSA) is 0 Å². The quantitative estimate of drug-likeness (QED) is 0.293. The molecule has 0 aromatic heterocycles. The first-order chi connectivity index (χ1) is 5.41. The summed E-state index contributed by atoms with van der Waals surface area (Å²) in [7, 11) is 0. The van der Waals surface area contributed by atoms with Crippen LogP contribution in [0.2, 0.25) is 0 Å². The minimum atomic E-state index is 0. The van der Waals surface area contributed by atoms with Gasteiger partial charge in [0.1, 0.15) is 0 Å². The van der Waals surface area contributed by atoms with Crippen molar-refractivity contribution in [2.24, 2.45) is 0 Å². The molecule has 1 aliphatic rings. The number of hydrogen-bond acceptors (Lipinski definition) is 0. The fraction of sp³-hybridized carbons (Fsp3) is 0.400. The maximum absolute atomic E-state index is 3.11. The van der Waals surface area contributed by atoms with Crippen LogP contribution in [0.4, 0.5) is 0 Å². The van der Waals surface area contributed by atoms with E-state index in [0.29, 0.717) is 13.9 Å². The summed E-state index contributed by atoms with van der Waals surface area (Å²) in [5.74, 6) is 0. The summed E-state index contributed by atoms with van der Waals surface area (Å²) in [4.78, 5) is 0. The summed E-state index contributed by atoms with van der Waals surface area (Å²) in [6, 6.07) is 0. The smallest absolute Gasteiger partial charge is 0.358 e. The molecule has 0 aromatic rings. The standard InChI is InChI=1S/C8H12.2CH3.2BrH.Pd/c1-2-4-6-8-7-5-3-1;;;;;/h1-2,7-8H,3-6H2;2*1H3;2*1H;/q;2*-1;;;+2/p-2/b2-1-,8-7-;;;;;. The van der Waals surface area contributed by atoms with Crippen LogP contribution in [-0.4, -0.2) is 0 Å². The predicted molar refractivity (Wildman–Crippen MR) is 67.4 cm³/mol. The number of halogens is 2. The summed E-state index contributed by atoms with van der Waals surface area (Å²) in [6.07, 6.45) is 14.0. The van der Waals surface area contributed by atoms with Crippen molar-refractivity contribution in [3.05, 3.63) is 39.2 Å². The molecule has 0 N–H and O–H groups in total. The molecule has 0 aliphatic heterocycles. The molecule has 0 saturated carbocycles. The Balaban J connectivity index is -0.000000180. The van der Waals surface area contributed by atoms with Crippen LogP contribution in [0.1, 0.15) is 25.7 Å². The van der Waals surface area contributed by atoms with Crippen LogP contribution in [0.3, 0.4) is 0 Å². The monoisotopic (exact) mass is 402 g/mol. The van der Waals surface area contributed by atoms with Gasteiger partial charge < -0.3 is 14.9 Å². The Morgan fingerprint density at radius 2 is 0.846 bits per heavy atom. The zero-order valence-electron chi connectivity index (χ0n) is 8.21. The molecule has 0 heterocycles. The van der Waals surface area contributed by atoms with Gasteiger partial charge in [0, 0.05) is 0 Å². The summed E-state index contributed by atoms with van der Waals surface area (Å²) in [6.45, 7) is 0. The molecule has 3 heteroatoms. The van der Waals surface area contributed by atoms with Gasteiger partial charge in [-0.05, 0) is 25.7 Å². The third kappa shape index (κ3) is 19.5. The van der Waals surface area contributed by atoms with Crippen molar-refractivity contribution < 1.29 is 13.9 Å². The summed E-state index contributed by atoms with van der Waals surface area (Å²) in [5, 5.41) is 0. The first-order valence-corrected chi connectivity index (χ1v) is 10.6. The van der Waals surface area contributed by atoms with Crippen LogP contribution in [0, 0.1) is 14.9 Å². The van der Waals surface area contributed by atoms with Crippen molar-refractivity contribution in [1.29, 1.82) is 0 Å². The van der Waals surface area contributed by atoms with Gasteiger partial charge in [-0.3, -0.25) is 0 Å². The van der Waals surface area contributed by atoms with Crippen LogP contribution in [-0.2, 0) is 13.9 Å². The molecule has 1 aliphatic carbocycles. The van der Waals surface area contributed by atoms with E-state index in [9.17, 15) is 0 Å². The maximum atomic E-state index is 3.11. The fourth-order valence-corrected chi connectivity index (χ4v) is 0.856. The van der Waals surface area contributed by atoms with Crippen molar-refractivity contribution in [3.8, 4) is 0 Å². The molecule has 0 spiro atoms. The molecule has 1 rings (SSSR count). The molecular formula is C10H18Br2Pd-2. The fourth-order valence-electron chi connectivity index (χ4n) is 0.856. The molecule has 0 saturated heterocycles. The summed E-state index contributed by atoms with van der Waals surface area (Å²) < 4.78 is 0. The normalized spacial score (nSPS) is 18.9. The summed E-state index contributed by atoms with van der Waals surface area (Å²) in [5.41, 5.74) is 0. The Morgan fingerprint density at radius 1 is 0.692 bits per heavy atom. The van der Waals surface area contributed by atoms with E-state index in [0.717, 1.165) is 0 Å². The van der Waals surface area contributed by atoms with Crippen LogP contribution in [0.5, 0.6) is 0 Å². The van der Waals surface area contributed by atoms with Crippen molar-refractivity contribution in [2.45, 2.75) is 25.7 Å². The Kier molecular flexibility index (Phi) is 28.4. The van der Waals surface area contributed by atoms with Crippen LogP contribution in [0.25, 0.3) is 0 Å². The molecule has 84 valence electrons. The van der Waals surface area contributed by atoms with Crippen molar-refractivity contribution in [3.63, 3.8) is 0 Å². The van der Waals surface area contributed by atoms with Crippen LogP contribution >= 0.6 is 26.9 Å². The molecule has 13 heavy (non-hydrogen) atoms. The Bertz CT molecular complexity index is 96.1. The molecule has 0 atom stereocenters. The van der Waals surface area contributed by atoms with E-state index in [1.165, 1.54) is 25.7 Å².